The maximum Gasteiger partial charge on any atom is 0.136 e. The molecule has 0 saturated heterocycles. The van der Waals surface area contributed by atoms with Gasteiger partial charge in [0.05, 0.1) is 0 Å². The van der Waals surface area contributed by atoms with Gasteiger partial charge in [-0.15, -0.1) is 0 Å². The van der Waals surface area contributed by atoms with Crippen molar-refractivity contribution in [1.29, 1.82) is 0 Å². The molecule has 0 atom stereocenters. The zero-order valence-corrected chi connectivity index (χ0v) is 7.93. The van der Waals surface area contributed by atoms with Gasteiger partial charge in [-0.05, 0) is 25.0 Å². The molecule has 2 aromatic heterocycles. The summed E-state index contributed by atoms with van der Waals surface area (Å²) in [5.41, 5.74) is 8.18. The van der Waals surface area contributed by atoms with Crippen molar-refractivity contribution in [3.63, 3.8) is 0 Å². The molecule has 0 radical (unpaired) electrons. The Kier molecular flexibility index (Phi) is 1.61. The molecule has 0 aliphatic heterocycles. The van der Waals surface area contributed by atoms with Gasteiger partial charge in [0.2, 0.25) is 0 Å². The predicted molar refractivity (Wildman–Crippen MR) is 55.1 cm³/mol. The van der Waals surface area contributed by atoms with Gasteiger partial charge in [0.15, 0.2) is 0 Å². The molecule has 0 spiro atoms. The molecule has 2 N–H and O–H groups in total. The van der Waals surface area contributed by atoms with Gasteiger partial charge in [-0.2, -0.15) is 0 Å². The third kappa shape index (κ3) is 1.06. The first kappa shape index (κ1) is 8.00. The molecular weight excluding hydrogens is 174 g/mol. The molecule has 0 aromatic carbocycles. The molecule has 0 amide bonds. The first-order chi connectivity index (χ1) is 6.84. The van der Waals surface area contributed by atoms with Crippen molar-refractivity contribution >= 4 is 5.65 Å². The second-order valence-corrected chi connectivity index (χ2v) is 4.03. The summed E-state index contributed by atoms with van der Waals surface area (Å²) in [6, 6.07) is 6.67. The Morgan fingerprint density at radius 3 is 3.00 bits per heavy atom. The Morgan fingerprint density at radius 2 is 2.21 bits per heavy atom. The van der Waals surface area contributed by atoms with E-state index >= 15 is 0 Å². The van der Waals surface area contributed by atoms with Crippen LogP contribution in [0.3, 0.4) is 0 Å². The Morgan fingerprint density at radius 1 is 1.36 bits per heavy atom. The van der Waals surface area contributed by atoms with Crippen molar-refractivity contribution in [2.45, 2.75) is 24.8 Å². The van der Waals surface area contributed by atoms with E-state index in [1.807, 2.05) is 18.5 Å². The fraction of sp³-hybridized carbons (Fsp3) is 0.364. The number of imidazole rings is 1. The number of fused-ring (bicyclic) bond motifs is 1. The van der Waals surface area contributed by atoms with Crippen molar-refractivity contribution in [3.8, 4) is 0 Å². The third-order valence-corrected chi connectivity index (χ3v) is 3.05. The number of pyridine rings is 1. The lowest BCUT2D eigenvalue weighted by Crippen LogP contribution is -2.35. The van der Waals surface area contributed by atoms with Crippen LogP contribution in [0.1, 0.15) is 24.5 Å². The number of hydrogen-bond acceptors (Lipinski definition) is 2. The molecule has 1 aliphatic rings. The van der Waals surface area contributed by atoms with Gasteiger partial charge in [0.1, 0.15) is 5.65 Å². The van der Waals surface area contributed by atoms with E-state index in [0.29, 0.717) is 12.0 Å². The van der Waals surface area contributed by atoms with Gasteiger partial charge in [-0.25, -0.2) is 4.98 Å². The van der Waals surface area contributed by atoms with Crippen LogP contribution in [0.4, 0.5) is 0 Å². The Balaban J connectivity index is 2.07. The largest absolute Gasteiger partial charge is 0.328 e. The summed E-state index contributed by atoms with van der Waals surface area (Å²) in [6.45, 7) is 0. The summed E-state index contributed by atoms with van der Waals surface area (Å²) in [5.74, 6) is 0.628. The van der Waals surface area contributed by atoms with E-state index in [-0.39, 0.29) is 0 Å². The molecular formula is C11H13N3. The molecule has 14 heavy (non-hydrogen) atoms. The van der Waals surface area contributed by atoms with Crippen molar-refractivity contribution < 1.29 is 0 Å². The third-order valence-electron chi connectivity index (χ3n) is 3.05. The van der Waals surface area contributed by atoms with E-state index in [1.165, 1.54) is 5.69 Å². The van der Waals surface area contributed by atoms with Crippen LogP contribution in [0, 0.1) is 0 Å². The molecule has 3 nitrogen and oxygen atoms in total. The smallest absolute Gasteiger partial charge is 0.136 e. The van der Waals surface area contributed by atoms with Crippen molar-refractivity contribution in [3.05, 3.63) is 36.3 Å². The van der Waals surface area contributed by atoms with E-state index in [0.717, 1.165) is 18.5 Å². The van der Waals surface area contributed by atoms with E-state index < -0.39 is 0 Å². The molecule has 2 aromatic rings. The zero-order valence-electron chi connectivity index (χ0n) is 7.93. The summed E-state index contributed by atoms with van der Waals surface area (Å²) in [6.07, 6.45) is 6.08. The molecule has 1 fully saturated rings. The number of rotatable bonds is 1. The second-order valence-electron chi connectivity index (χ2n) is 4.03. The van der Waals surface area contributed by atoms with Crippen LogP contribution in [-0.2, 0) is 0 Å². The van der Waals surface area contributed by atoms with Gasteiger partial charge >= 0.3 is 0 Å². The van der Waals surface area contributed by atoms with Crippen molar-refractivity contribution in [2.24, 2.45) is 5.73 Å². The highest BCUT2D eigenvalue weighted by Crippen LogP contribution is 2.35. The Bertz CT molecular complexity index is 454. The lowest BCUT2D eigenvalue weighted by Gasteiger charge is -2.33. The number of nitrogens with two attached hydrogens (primary N) is 1. The first-order valence-corrected chi connectivity index (χ1v) is 5.02. The molecule has 3 rings (SSSR count). The lowest BCUT2D eigenvalue weighted by atomic mass is 9.78. The minimum absolute atomic E-state index is 0.402. The topological polar surface area (TPSA) is 43.3 Å². The van der Waals surface area contributed by atoms with Crippen molar-refractivity contribution in [1.82, 2.24) is 9.38 Å². The maximum absolute atomic E-state index is 5.80. The molecule has 3 heteroatoms. The van der Waals surface area contributed by atoms with E-state index in [2.05, 4.69) is 21.5 Å². The van der Waals surface area contributed by atoms with E-state index in [9.17, 15) is 0 Å². The molecule has 0 bridgehead atoms. The number of hydrogen-bond donors (Lipinski definition) is 1. The lowest BCUT2D eigenvalue weighted by molar-refractivity contribution is 0.343. The fourth-order valence-electron chi connectivity index (χ4n) is 2.21. The van der Waals surface area contributed by atoms with Gasteiger partial charge in [0.25, 0.3) is 0 Å². The SMILES string of the molecule is NC1CC(c2cccc3nccn23)C1. The van der Waals surface area contributed by atoms with Gasteiger partial charge in [-0.1, -0.05) is 6.07 Å². The Labute approximate surface area is 82.6 Å². The highest BCUT2D eigenvalue weighted by atomic mass is 15.0. The quantitative estimate of drug-likeness (QED) is 0.736. The second kappa shape index (κ2) is 2.82. The molecule has 0 unspecified atom stereocenters. The fourth-order valence-corrected chi connectivity index (χ4v) is 2.21. The standard InChI is InChI=1S/C11H13N3/c12-9-6-8(7-9)10-2-1-3-11-13-4-5-14(10)11/h1-5,8-9H,6-7,12H2. The highest BCUT2D eigenvalue weighted by Gasteiger charge is 2.28. The van der Waals surface area contributed by atoms with Gasteiger partial charge in [-0.3, -0.25) is 0 Å². The predicted octanol–water partition coefficient (Wildman–Crippen LogP) is 1.54. The molecule has 1 saturated carbocycles. The minimum Gasteiger partial charge on any atom is -0.328 e. The summed E-state index contributed by atoms with van der Waals surface area (Å²) in [5, 5.41) is 0. The summed E-state index contributed by atoms with van der Waals surface area (Å²) >= 11 is 0. The van der Waals surface area contributed by atoms with Crippen LogP contribution in [-0.4, -0.2) is 15.4 Å². The monoisotopic (exact) mass is 187 g/mol. The highest BCUT2D eigenvalue weighted by molar-refractivity contribution is 5.41. The van der Waals surface area contributed by atoms with Gasteiger partial charge in [0, 0.05) is 30.0 Å². The summed E-state index contributed by atoms with van der Waals surface area (Å²) in [4.78, 5) is 4.27. The first-order valence-electron chi connectivity index (χ1n) is 5.02. The average Bonchev–Trinajstić information content (AvgIpc) is 2.60. The maximum atomic E-state index is 5.80. The number of nitrogens with zero attached hydrogens (tertiary/aromatic N) is 2. The van der Waals surface area contributed by atoms with Gasteiger partial charge < -0.3 is 10.1 Å². The van der Waals surface area contributed by atoms with Crippen LogP contribution in [0.5, 0.6) is 0 Å². The van der Waals surface area contributed by atoms with E-state index in [1.54, 1.807) is 0 Å². The van der Waals surface area contributed by atoms with Crippen LogP contribution < -0.4 is 5.73 Å². The van der Waals surface area contributed by atoms with Crippen LogP contribution in [0.2, 0.25) is 0 Å². The number of aromatic nitrogens is 2. The van der Waals surface area contributed by atoms with Crippen LogP contribution in [0.25, 0.3) is 5.65 Å². The average molecular weight is 187 g/mol. The molecule has 1 aliphatic carbocycles. The summed E-state index contributed by atoms with van der Waals surface area (Å²) in [7, 11) is 0. The zero-order chi connectivity index (χ0) is 9.54. The van der Waals surface area contributed by atoms with Crippen molar-refractivity contribution in [2.75, 3.05) is 0 Å². The summed E-state index contributed by atoms with van der Waals surface area (Å²) < 4.78 is 2.16. The van der Waals surface area contributed by atoms with Crippen LogP contribution >= 0.6 is 0 Å². The van der Waals surface area contributed by atoms with Crippen LogP contribution in [0.15, 0.2) is 30.6 Å². The molecule has 72 valence electrons. The normalized spacial score (nSPS) is 26.4. The Hall–Kier alpha value is -1.35. The minimum atomic E-state index is 0.402. The van der Waals surface area contributed by atoms with E-state index in [4.69, 9.17) is 5.73 Å². The molecule has 2 heterocycles.